The molecule has 5 fully saturated rings. The van der Waals surface area contributed by atoms with Crippen molar-refractivity contribution in [2.24, 2.45) is 16.7 Å². The number of halogens is 2. The number of ether oxygens (including phenoxy) is 4. The van der Waals surface area contributed by atoms with Crippen LogP contribution in [0.25, 0.3) is 52.5 Å². The second kappa shape index (κ2) is 21.9. The number of methoxy groups -OCH3 is 1. The van der Waals surface area contributed by atoms with Gasteiger partial charge in [-0.05, 0) is 119 Å². The van der Waals surface area contributed by atoms with E-state index in [1.165, 1.54) is 18.4 Å². The number of hydrogen-bond donors (Lipinski definition) is 0. The molecule has 20 heteroatoms. The van der Waals surface area contributed by atoms with Gasteiger partial charge in [0.2, 0.25) is 0 Å². The number of nitrogens with zero attached hydrogens (tertiary/aromatic N) is 8. The topological polar surface area (TPSA) is 137 Å². The predicted molar refractivity (Wildman–Crippen MR) is 331 cm³/mol. The van der Waals surface area contributed by atoms with Crippen LogP contribution in [-0.4, -0.2) is 139 Å². The highest BCUT2D eigenvalue weighted by atomic mass is 32.1. The molecule has 1 amide bonds. The van der Waals surface area contributed by atoms with Crippen LogP contribution in [0.1, 0.15) is 119 Å². The third kappa shape index (κ3) is 11.1. The fraction of sp³-hybridized carbons (Fsp3) is 0.645. The van der Waals surface area contributed by atoms with Crippen molar-refractivity contribution in [3.8, 4) is 28.7 Å². The molecular weight excluding hydrogens is 1110 g/mol. The molecule has 2 aliphatic carbocycles. The number of likely N-dealkylation sites (tertiary alicyclic amines) is 1. The number of piperazine rings is 1. The lowest BCUT2D eigenvalue weighted by atomic mass is 9.57. The molecule has 0 radical (unpaired) electrons. The Morgan fingerprint density at radius 3 is 2.26 bits per heavy atom. The molecule has 0 N–H and O–H groups in total. The zero-order chi connectivity index (χ0) is 58.5. The van der Waals surface area contributed by atoms with Crippen molar-refractivity contribution in [2.75, 3.05) is 57.9 Å². The number of anilines is 1. The van der Waals surface area contributed by atoms with E-state index in [2.05, 4.69) is 93.9 Å². The number of piperidine rings is 1. The Morgan fingerprint density at radius 2 is 1.63 bits per heavy atom. The molecule has 14 nitrogen and oxygen atoms in total. The second-order valence-corrected chi connectivity index (χ2v) is 41.1. The van der Waals surface area contributed by atoms with Crippen molar-refractivity contribution in [1.82, 2.24) is 34.5 Å². The van der Waals surface area contributed by atoms with Gasteiger partial charge in [0.25, 0.3) is 5.92 Å². The molecular formula is C62H84F2N8O6S2Si2. The minimum atomic E-state index is -2.90. The highest BCUT2D eigenvalue weighted by molar-refractivity contribution is 7.26. The fourth-order valence-corrected chi connectivity index (χ4v) is 22.7. The van der Waals surface area contributed by atoms with Crippen molar-refractivity contribution in [3.05, 3.63) is 35.5 Å². The van der Waals surface area contributed by atoms with Crippen LogP contribution in [0.3, 0.4) is 0 Å². The summed E-state index contributed by atoms with van der Waals surface area (Å²) in [5.74, 6) is 1.75. The van der Waals surface area contributed by atoms with Gasteiger partial charge in [0.15, 0.2) is 0 Å². The number of fused-ring (bicyclic) bond motifs is 7. The van der Waals surface area contributed by atoms with Gasteiger partial charge < -0.3 is 28.7 Å². The van der Waals surface area contributed by atoms with Gasteiger partial charge in [0.05, 0.1) is 52.1 Å². The zero-order valence-corrected chi connectivity index (χ0v) is 54.1. The molecule has 82 heavy (non-hydrogen) atoms. The first kappa shape index (κ1) is 59.0. The number of alkyl halides is 2. The average Bonchev–Trinajstić information content (AvgIpc) is 3.98. The monoisotopic (exact) mass is 1190 g/mol. The Morgan fingerprint density at radius 1 is 0.951 bits per heavy atom. The Kier molecular flexibility index (Phi) is 15.8. The lowest BCUT2D eigenvalue weighted by Gasteiger charge is -2.52. The maximum absolute atomic E-state index is 15.9. The Labute approximate surface area is 492 Å². The highest BCUT2D eigenvalue weighted by Crippen LogP contribution is 2.62. The molecule has 5 aromatic heterocycles. The summed E-state index contributed by atoms with van der Waals surface area (Å²) in [6.45, 7) is 30.3. The van der Waals surface area contributed by atoms with E-state index < -0.39 is 33.1 Å². The Balaban J connectivity index is 0.998. The number of thiophene rings is 2. The summed E-state index contributed by atoms with van der Waals surface area (Å²) >= 11 is 3.20. The summed E-state index contributed by atoms with van der Waals surface area (Å²) in [6.07, 6.45) is 9.13. The summed E-state index contributed by atoms with van der Waals surface area (Å²) in [7, 11) is -2.03. The molecule has 5 aliphatic rings. The number of benzene rings is 1. The Hall–Kier alpha value is -4.79. The van der Waals surface area contributed by atoms with E-state index in [0.29, 0.717) is 66.0 Å². The molecule has 2 unspecified atom stereocenters. The lowest BCUT2D eigenvalue weighted by Crippen LogP contribution is -2.57. The van der Waals surface area contributed by atoms with Crippen LogP contribution < -0.4 is 9.64 Å². The number of carbonyl (C=O) groups excluding carboxylic acids is 2. The van der Waals surface area contributed by atoms with Crippen molar-refractivity contribution >= 4 is 98.0 Å². The quantitative estimate of drug-likeness (QED) is 0.0372. The number of esters is 1. The van der Waals surface area contributed by atoms with Crippen LogP contribution >= 0.6 is 22.7 Å². The van der Waals surface area contributed by atoms with E-state index in [0.717, 1.165) is 111 Å². The van der Waals surface area contributed by atoms with Crippen LogP contribution in [0.4, 0.5) is 19.4 Å². The second-order valence-electron chi connectivity index (χ2n) is 28.0. The van der Waals surface area contributed by atoms with Crippen molar-refractivity contribution in [3.63, 3.8) is 0 Å². The molecule has 2 saturated carbocycles. The standard InChI is InChI=1S/C62H84F2N8O6S2Si2/c1-38(2)82(39(3)4,40(5)6)24-17-42-33-79-48-27-47-46(30-66-71(47)37-76-23-25-81(11,12)13)51(50(42)48)53-54-45(16-20-65-53)52-55(70-31-43-14-15-44(32-70)72(43)58(74)78-59(7,8)9)67-57(68-56(52)80-54)77-36-61(34-62(61,63)64)35-69-21-18-60(19-22-69)28-41(29-60)26-49(73)75-10/h16,20,27,30,33,38-41,43-44H,14-15,18-19,21-23,25-26,28-29,31-32,34-37H2,1-13H3/t43?,44?,61-/m1/s1. The van der Waals surface area contributed by atoms with E-state index >= 15 is 8.78 Å². The number of aromatic nitrogens is 5. The first-order valence-corrected chi connectivity index (χ1v) is 37.5. The van der Waals surface area contributed by atoms with Gasteiger partial charge in [-0.25, -0.2) is 18.3 Å². The number of amides is 1. The van der Waals surface area contributed by atoms with Crippen molar-refractivity contribution < 1.29 is 37.3 Å². The Bertz CT molecular complexity index is 3430. The van der Waals surface area contributed by atoms with Gasteiger partial charge in [-0.3, -0.25) is 14.7 Å². The average molecular weight is 1200 g/mol. The number of carbonyl (C=O) groups is 2. The van der Waals surface area contributed by atoms with Gasteiger partial charge in [-0.1, -0.05) is 67.1 Å². The minimum Gasteiger partial charge on any atom is -0.469 e. The van der Waals surface area contributed by atoms with Gasteiger partial charge in [-0.15, -0.1) is 28.2 Å². The van der Waals surface area contributed by atoms with Crippen LogP contribution in [0, 0.1) is 28.2 Å². The summed E-state index contributed by atoms with van der Waals surface area (Å²) in [6, 6.07) is 5.14. The molecule has 1 aromatic carbocycles. The highest BCUT2D eigenvalue weighted by Gasteiger charge is 2.72. The molecule has 1 spiro atoms. The minimum absolute atomic E-state index is 0.0553. The maximum Gasteiger partial charge on any atom is 0.410 e. The largest absolute Gasteiger partial charge is 0.469 e. The summed E-state index contributed by atoms with van der Waals surface area (Å²) in [4.78, 5) is 48.4. The van der Waals surface area contributed by atoms with E-state index in [1.54, 1.807) is 11.3 Å². The summed E-state index contributed by atoms with van der Waals surface area (Å²) in [5.41, 5.74) is 7.20. The van der Waals surface area contributed by atoms with Gasteiger partial charge in [0.1, 0.15) is 37.7 Å². The summed E-state index contributed by atoms with van der Waals surface area (Å²) < 4.78 is 59.5. The number of rotatable bonds is 17. The van der Waals surface area contributed by atoms with Gasteiger partial charge >= 0.3 is 18.1 Å². The maximum atomic E-state index is 15.9. The van der Waals surface area contributed by atoms with Crippen molar-refractivity contribution in [2.45, 2.75) is 186 Å². The SMILES string of the molecule is COC(=O)CC1CC2(CCN(C[C@@]3(COc4nc(N5CC6CCC(C5)N6C(=O)OC(C)(C)C)c5c(n4)sc4c(-c6c7cnn(COCC[Si](C)(C)C)c7cc7scc(C#C[Si](C(C)C)(C(C)C)C(C)C)c67)nccc45)CC3(F)F)CC2)C1. The van der Waals surface area contributed by atoms with Crippen LogP contribution in [-0.2, 0) is 25.7 Å². The molecule has 3 saturated heterocycles. The normalized spacial score (nSPS) is 22.1. The molecule has 11 rings (SSSR count). The van der Waals surface area contributed by atoms with E-state index in [4.69, 9.17) is 39.0 Å². The fourth-order valence-electron chi connectivity index (χ4n) is 14.6. The van der Waals surface area contributed by atoms with Crippen LogP contribution in [0.15, 0.2) is 29.9 Å². The molecule has 3 atom stereocenters. The first-order chi connectivity index (χ1) is 38.7. The van der Waals surface area contributed by atoms with Crippen molar-refractivity contribution in [1.29, 1.82) is 0 Å². The van der Waals surface area contributed by atoms with E-state index in [9.17, 15) is 9.59 Å². The van der Waals surface area contributed by atoms with Crippen LogP contribution in [0.5, 0.6) is 6.01 Å². The van der Waals surface area contributed by atoms with E-state index in [-0.39, 0.29) is 55.1 Å². The van der Waals surface area contributed by atoms with Crippen LogP contribution in [0.2, 0.25) is 42.3 Å². The van der Waals surface area contributed by atoms with Gasteiger partial charge in [-0.2, -0.15) is 15.1 Å². The third-order valence-electron chi connectivity index (χ3n) is 19.1. The molecule has 442 valence electrons. The van der Waals surface area contributed by atoms with Gasteiger partial charge in [0, 0.05) is 90.7 Å². The smallest absolute Gasteiger partial charge is 0.410 e. The summed E-state index contributed by atoms with van der Waals surface area (Å²) in [5, 5.41) is 10.9. The first-order valence-electron chi connectivity index (χ1n) is 29.9. The number of hydrogen-bond acceptors (Lipinski definition) is 14. The lowest BCUT2D eigenvalue weighted by molar-refractivity contribution is -0.144. The molecule has 2 bridgehead atoms. The molecule has 8 heterocycles. The number of pyridine rings is 1. The predicted octanol–water partition coefficient (Wildman–Crippen LogP) is 14.4. The molecule has 6 aromatic rings. The molecule has 3 aliphatic heterocycles. The van der Waals surface area contributed by atoms with E-state index in [1.807, 2.05) is 48.8 Å². The third-order valence-corrected chi connectivity index (χ3v) is 29.1. The zero-order valence-electron chi connectivity index (χ0n) is 50.5.